The molecular weight excluding hydrogens is 332 g/mol. The monoisotopic (exact) mass is 356 g/mol. The van der Waals surface area contributed by atoms with Crippen LogP contribution in [0.25, 0.3) is 0 Å². The van der Waals surface area contributed by atoms with Crippen molar-refractivity contribution in [2.45, 2.75) is 46.3 Å². The lowest BCUT2D eigenvalue weighted by molar-refractivity contribution is -0.384. The number of rotatable bonds is 7. The third kappa shape index (κ3) is 5.05. The number of hydrogen-bond donors (Lipinski definition) is 1. The molecule has 6 heteroatoms. The van der Waals surface area contributed by atoms with Crippen LogP contribution in [0.3, 0.4) is 0 Å². The van der Waals surface area contributed by atoms with Crippen LogP contribution >= 0.6 is 0 Å². The Bertz CT molecular complexity index is 785. The van der Waals surface area contributed by atoms with E-state index in [0.29, 0.717) is 11.7 Å². The highest BCUT2D eigenvalue weighted by atomic mass is 16.6. The van der Waals surface area contributed by atoms with Gasteiger partial charge in [-0.25, -0.2) is 0 Å². The Hall–Kier alpha value is -2.89. The van der Waals surface area contributed by atoms with Crippen LogP contribution in [-0.4, -0.2) is 16.9 Å². The second kappa shape index (κ2) is 8.47. The minimum absolute atomic E-state index is 0.0253. The van der Waals surface area contributed by atoms with Crippen LogP contribution in [0.5, 0.6) is 5.75 Å². The van der Waals surface area contributed by atoms with Gasteiger partial charge in [-0.05, 0) is 42.5 Å². The van der Waals surface area contributed by atoms with Crippen molar-refractivity contribution in [2.24, 2.45) is 0 Å². The normalized spacial score (nSPS) is 11.9. The number of ether oxygens (including phenoxy) is 1. The molecule has 1 atom stereocenters. The van der Waals surface area contributed by atoms with Crippen molar-refractivity contribution in [3.8, 4) is 5.75 Å². The fourth-order valence-corrected chi connectivity index (χ4v) is 2.42. The second-order valence-corrected chi connectivity index (χ2v) is 6.58. The summed E-state index contributed by atoms with van der Waals surface area (Å²) in [6.07, 6.45) is -0.644. The van der Waals surface area contributed by atoms with E-state index in [-0.39, 0.29) is 18.1 Å². The molecule has 0 bridgehead atoms. The summed E-state index contributed by atoms with van der Waals surface area (Å²) in [6, 6.07) is 12.1. The number of carbonyl (C=O) groups excluding carboxylic acids is 1. The molecule has 1 N–H and O–H groups in total. The van der Waals surface area contributed by atoms with Gasteiger partial charge < -0.3 is 10.1 Å². The van der Waals surface area contributed by atoms with E-state index in [1.165, 1.54) is 12.1 Å². The summed E-state index contributed by atoms with van der Waals surface area (Å²) in [5.41, 5.74) is 2.94. The summed E-state index contributed by atoms with van der Waals surface area (Å²) >= 11 is 0. The topological polar surface area (TPSA) is 81.5 Å². The maximum Gasteiger partial charge on any atom is 0.269 e. The first-order valence-electron chi connectivity index (χ1n) is 8.56. The van der Waals surface area contributed by atoms with E-state index in [9.17, 15) is 14.9 Å². The number of hydrogen-bond acceptors (Lipinski definition) is 4. The smallest absolute Gasteiger partial charge is 0.269 e. The fraction of sp³-hybridized carbons (Fsp3) is 0.350. The van der Waals surface area contributed by atoms with E-state index >= 15 is 0 Å². The van der Waals surface area contributed by atoms with Gasteiger partial charge in [0, 0.05) is 18.7 Å². The molecule has 0 saturated carbocycles. The number of nitro benzene ring substituents is 1. The summed E-state index contributed by atoms with van der Waals surface area (Å²) in [7, 11) is 0. The van der Waals surface area contributed by atoms with E-state index in [0.717, 1.165) is 16.7 Å². The zero-order chi connectivity index (χ0) is 19.3. The first-order chi connectivity index (χ1) is 12.3. The molecule has 0 aliphatic rings. The Labute approximate surface area is 153 Å². The van der Waals surface area contributed by atoms with Crippen molar-refractivity contribution in [3.63, 3.8) is 0 Å². The lowest BCUT2D eigenvalue weighted by Gasteiger charge is -2.18. The lowest BCUT2D eigenvalue weighted by atomic mass is 10.0. The second-order valence-electron chi connectivity index (χ2n) is 6.58. The first-order valence-corrected chi connectivity index (χ1v) is 8.56. The molecule has 0 aliphatic carbocycles. The van der Waals surface area contributed by atoms with E-state index in [2.05, 4.69) is 25.2 Å². The number of benzene rings is 2. The van der Waals surface area contributed by atoms with E-state index in [1.54, 1.807) is 19.1 Å². The average Bonchev–Trinajstić information content (AvgIpc) is 2.61. The molecule has 0 fully saturated rings. The zero-order valence-electron chi connectivity index (χ0n) is 15.5. The quantitative estimate of drug-likeness (QED) is 0.598. The molecule has 1 unspecified atom stereocenters. The Morgan fingerprint density at radius 1 is 1.15 bits per heavy atom. The Morgan fingerprint density at radius 3 is 2.38 bits per heavy atom. The lowest BCUT2D eigenvalue weighted by Crippen LogP contribution is -2.36. The summed E-state index contributed by atoms with van der Waals surface area (Å²) in [5.74, 6) is 0.844. The highest BCUT2D eigenvalue weighted by molar-refractivity contribution is 5.80. The molecule has 0 aromatic heterocycles. The fourth-order valence-electron chi connectivity index (χ4n) is 2.42. The Kier molecular flexibility index (Phi) is 6.33. The van der Waals surface area contributed by atoms with Crippen LogP contribution in [0.2, 0.25) is 0 Å². The van der Waals surface area contributed by atoms with Crippen LogP contribution in [0, 0.1) is 17.0 Å². The van der Waals surface area contributed by atoms with Gasteiger partial charge in [0.2, 0.25) is 0 Å². The van der Waals surface area contributed by atoms with Gasteiger partial charge >= 0.3 is 0 Å². The van der Waals surface area contributed by atoms with Gasteiger partial charge in [-0.1, -0.05) is 38.1 Å². The van der Waals surface area contributed by atoms with E-state index < -0.39 is 11.0 Å². The highest BCUT2D eigenvalue weighted by Crippen LogP contribution is 2.25. The summed E-state index contributed by atoms with van der Waals surface area (Å²) < 4.78 is 5.84. The highest BCUT2D eigenvalue weighted by Gasteiger charge is 2.16. The molecule has 2 rings (SSSR count). The molecule has 2 aromatic carbocycles. The van der Waals surface area contributed by atoms with Crippen LogP contribution in [0.4, 0.5) is 5.69 Å². The van der Waals surface area contributed by atoms with Crippen LogP contribution in [-0.2, 0) is 11.3 Å². The van der Waals surface area contributed by atoms with Gasteiger partial charge in [0.05, 0.1) is 4.92 Å². The number of amides is 1. The van der Waals surface area contributed by atoms with Crippen molar-refractivity contribution >= 4 is 11.6 Å². The molecular formula is C20H24N2O4. The summed E-state index contributed by atoms with van der Waals surface area (Å²) in [6.45, 7) is 8.15. The molecule has 138 valence electrons. The average molecular weight is 356 g/mol. The minimum atomic E-state index is -0.644. The van der Waals surface area contributed by atoms with Gasteiger partial charge in [0.1, 0.15) is 5.75 Å². The molecule has 6 nitrogen and oxygen atoms in total. The van der Waals surface area contributed by atoms with Gasteiger partial charge in [-0.2, -0.15) is 0 Å². The van der Waals surface area contributed by atoms with Crippen LogP contribution < -0.4 is 10.1 Å². The summed E-state index contributed by atoms with van der Waals surface area (Å²) in [4.78, 5) is 22.5. The van der Waals surface area contributed by atoms with Gasteiger partial charge in [-0.3, -0.25) is 14.9 Å². The SMILES string of the molecule is Cc1ccc(C(C)C)cc1OC(C)C(=O)NCc1ccc([N+](=O)[O-])cc1. The van der Waals surface area contributed by atoms with Gasteiger partial charge in [0.25, 0.3) is 11.6 Å². The van der Waals surface area contributed by atoms with Crippen molar-refractivity contribution in [1.29, 1.82) is 0 Å². The standard InChI is InChI=1S/C20H24N2O4/c1-13(2)17-8-5-14(3)19(11-17)26-15(4)20(23)21-12-16-6-9-18(10-7-16)22(24)25/h5-11,13,15H,12H2,1-4H3,(H,21,23). The van der Waals surface area contributed by atoms with Gasteiger partial charge in [-0.15, -0.1) is 0 Å². The molecule has 0 spiro atoms. The van der Waals surface area contributed by atoms with Crippen molar-refractivity contribution < 1.29 is 14.5 Å². The molecule has 0 aliphatic heterocycles. The Balaban J connectivity index is 1.95. The number of nitrogens with zero attached hydrogens (tertiary/aromatic N) is 1. The minimum Gasteiger partial charge on any atom is -0.481 e. The van der Waals surface area contributed by atoms with Gasteiger partial charge in [0.15, 0.2) is 6.10 Å². The van der Waals surface area contributed by atoms with Crippen molar-refractivity contribution in [3.05, 3.63) is 69.3 Å². The molecule has 0 saturated heterocycles. The zero-order valence-corrected chi connectivity index (χ0v) is 15.5. The molecule has 26 heavy (non-hydrogen) atoms. The maximum atomic E-state index is 12.3. The molecule has 1 amide bonds. The number of aryl methyl sites for hydroxylation is 1. The predicted molar refractivity (Wildman–Crippen MR) is 100 cm³/mol. The van der Waals surface area contributed by atoms with Crippen LogP contribution in [0.1, 0.15) is 43.4 Å². The number of non-ortho nitro benzene ring substituents is 1. The summed E-state index contributed by atoms with van der Waals surface area (Å²) in [5, 5.41) is 13.4. The van der Waals surface area contributed by atoms with E-state index in [1.807, 2.05) is 19.1 Å². The Morgan fingerprint density at radius 2 is 1.81 bits per heavy atom. The number of nitrogens with one attached hydrogen (secondary N) is 1. The third-order valence-electron chi connectivity index (χ3n) is 4.17. The molecule has 0 radical (unpaired) electrons. The molecule has 2 aromatic rings. The predicted octanol–water partition coefficient (Wildman–Crippen LogP) is 4.11. The third-order valence-corrected chi connectivity index (χ3v) is 4.17. The van der Waals surface area contributed by atoms with Crippen LogP contribution in [0.15, 0.2) is 42.5 Å². The largest absolute Gasteiger partial charge is 0.481 e. The van der Waals surface area contributed by atoms with E-state index in [4.69, 9.17) is 4.74 Å². The van der Waals surface area contributed by atoms with Crippen molar-refractivity contribution in [1.82, 2.24) is 5.32 Å². The first kappa shape index (κ1) is 19.4. The van der Waals surface area contributed by atoms with Crippen molar-refractivity contribution in [2.75, 3.05) is 0 Å². The maximum absolute atomic E-state index is 12.3. The molecule has 0 heterocycles. The number of carbonyl (C=O) groups is 1. The number of nitro groups is 1.